The number of aromatic nitrogens is 4. The lowest BCUT2D eigenvalue weighted by atomic mass is 9.98. The van der Waals surface area contributed by atoms with Gasteiger partial charge in [0.2, 0.25) is 0 Å². The zero-order chi connectivity index (χ0) is 22.7. The Balaban J connectivity index is 1.71. The molecule has 0 aliphatic rings. The van der Waals surface area contributed by atoms with Crippen molar-refractivity contribution in [2.24, 2.45) is 0 Å². The molecule has 0 saturated heterocycles. The van der Waals surface area contributed by atoms with Gasteiger partial charge in [0.05, 0.1) is 34.8 Å². The van der Waals surface area contributed by atoms with E-state index in [-0.39, 0.29) is 5.91 Å². The van der Waals surface area contributed by atoms with Crippen LogP contribution >= 0.6 is 11.3 Å². The second kappa shape index (κ2) is 9.36. The number of benzene rings is 1. The number of thiazole rings is 1. The van der Waals surface area contributed by atoms with E-state index in [1.807, 2.05) is 62.0 Å². The Kier molecular flexibility index (Phi) is 6.37. The van der Waals surface area contributed by atoms with Gasteiger partial charge in [-0.3, -0.25) is 9.78 Å². The van der Waals surface area contributed by atoms with Crippen molar-refractivity contribution >= 4 is 17.2 Å². The Morgan fingerprint density at radius 2 is 1.81 bits per heavy atom. The molecule has 0 spiro atoms. The molecule has 3 aromatic heterocycles. The van der Waals surface area contributed by atoms with Gasteiger partial charge in [-0.2, -0.15) is 10.2 Å². The first-order valence-corrected chi connectivity index (χ1v) is 11.4. The minimum absolute atomic E-state index is 0.177. The van der Waals surface area contributed by atoms with Gasteiger partial charge in [-0.15, -0.1) is 11.3 Å². The summed E-state index contributed by atoms with van der Waals surface area (Å²) in [5.41, 5.74) is 8.58. The van der Waals surface area contributed by atoms with Gasteiger partial charge in [0.1, 0.15) is 0 Å². The predicted molar refractivity (Wildman–Crippen MR) is 128 cm³/mol. The summed E-state index contributed by atoms with van der Waals surface area (Å²) < 4.78 is 0. The minimum atomic E-state index is -0.177. The molecule has 6 nitrogen and oxygen atoms in total. The van der Waals surface area contributed by atoms with E-state index < -0.39 is 0 Å². The van der Waals surface area contributed by atoms with Gasteiger partial charge in [0, 0.05) is 27.8 Å². The molecule has 7 heteroatoms. The average Bonchev–Trinajstić information content (AvgIpc) is 3.29. The van der Waals surface area contributed by atoms with Gasteiger partial charge < -0.3 is 5.32 Å². The van der Waals surface area contributed by atoms with Crippen LogP contribution in [-0.2, 0) is 6.54 Å². The van der Waals surface area contributed by atoms with Gasteiger partial charge >= 0.3 is 0 Å². The van der Waals surface area contributed by atoms with E-state index in [0.29, 0.717) is 23.7 Å². The third-order valence-corrected chi connectivity index (χ3v) is 6.21. The van der Waals surface area contributed by atoms with Gasteiger partial charge in [-0.1, -0.05) is 19.9 Å². The first-order valence-electron chi connectivity index (χ1n) is 10.5. The highest BCUT2D eigenvalue weighted by atomic mass is 32.1. The highest BCUT2D eigenvalue weighted by molar-refractivity contribution is 7.10. The van der Waals surface area contributed by atoms with Gasteiger partial charge in [-0.25, -0.2) is 4.98 Å². The van der Waals surface area contributed by atoms with E-state index in [1.165, 1.54) is 4.88 Å². The average molecular weight is 444 g/mol. The number of carbonyl (C=O) groups excluding carboxylic acids is 1. The molecule has 0 fully saturated rings. The number of nitrogens with one attached hydrogen (secondary N) is 1. The summed E-state index contributed by atoms with van der Waals surface area (Å²) in [7, 11) is 0. The first kappa shape index (κ1) is 21.8. The lowest BCUT2D eigenvalue weighted by molar-refractivity contribution is 0.0950. The lowest BCUT2D eigenvalue weighted by Crippen LogP contribution is -2.23. The van der Waals surface area contributed by atoms with E-state index in [2.05, 4.69) is 45.4 Å². The van der Waals surface area contributed by atoms with Crippen LogP contribution < -0.4 is 5.32 Å². The van der Waals surface area contributed by atoms with Crippen molar-refractivity contribution in [3.63, 3.8) is 0 Å². The Morgan fingerprint density at radius 1 is 1.00 bits per heavy atom. The van der Waals surface area contributed by atoms with Crippen molar-refractivity contribution in [1.29, 1.82) is 0 Å². The van der Waals surface area contributed by atoms with Crippen LogP contribution in [0.15, 0.2) is 54.2 Å². The second-order valence-electron chi connectivity index (χ2n) is 8.09. The van der Waals surface area contributed by atoms with E-state index >= 15 is 0 Å². The van der Waals surface area contributed by atoms with Crippen molar-refractivity contribution in [2.75, 3.05) is 0 Å². The fourth-order valence-electron chi connectivity index (χ4n) is 3.36. The Bertz CT molecular complexity index is 1230. The molecule has 0 bridgehead atoms. The zero-order valence-electron chi connectivity index (χ0n) is 18.6. The largest absolute Gasteiger partial charge is 0.346 e. The fraction of sp³-hybridized carbons (Fsp3) is 0.240. The normalized spacial score (nSPS) is 11.0. The minimum Gasteiger partial charge on any atom is -0.346 e. The van der Waals surface area contributed by atoms with E-state index in [9.17, 15) is 4.79 Å². The van der Waals surface area contributed by atoms with Crippen LogP contribution in [0.4, 0.5) is 0 Å². The molecule has 1 N–H and O–H groups in total. The smallest absolute Gasteiger partial charge is 0.251 e. The van der Waals surface area contributed by atoms with Crippen LogP contribution in [0.3, 0.4) is 0 Å². The quantitative estimate of drug-likeness (QED) is 0.435. The van der Waals surface area contributed by atoms with Crippen LogP contribution in [0, 0.1) is 13.8 Å². The molecule has 0 aliphatic carbocycles. The number of pyridine rings is 1. The number of hydrogen-bond donors (Lipinski definition) is 1. The van der Waals surface area contributed by atoms with Crippen molar-refractivity contribution < 1.29 is 4.79 Å². The summed E-state index contributed by atoms with van der Waals surface area (Å²) in [6.07, 6.45) is 1.83. The maximum atomic E-state index is 13.1. The molecule has 1 aromatic carbocycles. The molecular weight excluding hydrogens is 418 g/mol. The monoisotopic (exact) mass is 443 g/mol. The Morgan fingerprint density at radius 3 is 2.50 bits per heavy atom. The highest BCUT2D eigenvalue weighted by Crippen LogP contribution is 2.34. The van der Waals surface area contributed by atoms with Crippen molar-refractivity contribution in [1.82, 2.24) is 25.5 Å². The van der Waals surface area contributed by atoms with Crippen molar-refractivity contribution in [3.05, 3.63) is 81.6 Å². The third-order valence-electron chi connectivity index (χ3n) is 5.08. The Labute approximate surface area is 191 Å². The van der Waals surface area contributed by atoms with Gasteiger partial charge in [0.25, 0.3) is 5.91 Å². The van der Waals surface area contributed by atoms with Crippen LogP contribution in [0.25, 0.3) is 22.5 Å². The molecule has 32 heavy (non-hydrogen) atoms. The second-order valence-corrected chi connectivity index (χ2v) is 8.97. The van der Waals surface area contributed by atoms with Crippen LogP contribution in [0.1, 0.15) is 52.0 Å². The summed E-state index contributed by atoms with van der Waals surface area (Å²) in [5.74, 6) is 0.167. The molecule has 0 saturated carbocycles. The van der Waals surface area contributed by atoms with Crippen LogP contribution in [0.5, 0.6) is 0 Å². The number of nitrogens with zero attached hydrogens (tertiary/aromatic N) is 4. The summed E-state index contributed by atoms with van der Waals surface area (Å²) in [6.45, 7) is 8.50. The van der Waals surface area contributed by atoms with Crippen molar-refractivity contribution in [2.45, 2.75) is 40.2 Å². The summed E-state index contributed by atoms with van der Waals surface area (Å²) in [5, 5.41) is 11.1. The number of rotatable bonds is 6. The summed E-state index contributed by atoms with van der Waals surface area (Å²) in [4.78, 5) is 23.4. The molecule has 1 amide bonds. The van der Waals surface area contributed by atoms with Gasteiger partial charge in [0.15, 0.2) is 0 Å². The molecule has 0 aliphatic heterocycles. The van der Waals surface area contributed by atoms with Crippen LogP contribution in [-0.4, -0.2) is 26.1 Å². The first-order chi connectivity index (χ1) is 15.4. The highest BCUT2D eigenvalue weighted by Gasteiger charge is 2.17. The third kappa shape index (κ3) is 4.89. The molecule has 162 valence electrons. The molecule has 0 radical (unpaired) electrons. The van der Waals surface area contributed by atoms with Crippen LogP contribution in [0.2, 0.25) is 0 Å². The van der Waals surface area contributed by atoms with E-state index in [4.69, 9.17) is 0 Å². The molecule has 4 rings (SSSR count). The number of hydrogen-bond acceptors (Lipinski definition) is 6. The maximum absolute atomic E-state index is 13.1. The summed E-state index contributed by atoms with van der Waals surface area (Å²) in [6, 6.07) is 13.6. The van der Waals surface area contributed by atoms with E-state index in [1.54, 1.807) is 11.3 Å². The molecule has 4 aromatic rings. The standard InChI is InChI=1S/C25H25N5OS/c1-15(2)24-23(28-14-32-24)19-9-18(22-8-5-16(3)12-26-22)10-20(11-19)25(31)27-13-21-7-6-17(4)29-30-21/h5-12,14-15H,13H2,1-4H3,(H,27,31). The van der Waals surface area contributed by atoms with Crippen molar-refractivity contribution in [3.8, 4) is 22.5 Å². The van der Waals surface area contributed by atoms with Gasteiger partial charge in [-0.05, 0) is 61.7 Å². The lowest BCUT2D eigenvalue weighted by Gasteiger charge is -2.12. The SMILES string of the molecule is Cc1ccc(-c2cc(C(=O)NCc3ccc(C)nn3)cc(-c3ncsc3C(C)C)c2)nc1. The molecule has 3 heterocycles. The molecule has 0 atom stereocenters. The number of amides is 1. The number of aryl methyl sites for hydroxylation is 2. The topological polar surface area (TPSA) is 80.7 Å². The zero-order valence-corrected chi connectivity index (χ0v) is 19.4. The summed E-state index contributed by atoms with van der Waals surface area (Å²) >= 11 is 1.64. The van der Waals surface area contributed by atoms with E-state index in [0.717, 1.165) is 33.8 Å². The number of carbonyl (C=O) groups is 1. The molecular formula is C25H25N5OS. The maximum Gasteiger partial charge on any atom is 0.251 e. The Hall–Kier alpha value is -3.45. The molecule has 0 unspecified atom stereocenters. The fourth-order valence-corrected chi connectivity index (χ4v) is 4.18. The predicted octanol–water partition coefficient (Wildman–Crippen LogP) is 5.33.